The van der Waals surface area contributed by atoms with E-state index < -0.39 is 0 Å². The van der Waals surface area contributed by atoms with E-state index in [1.54, 1.807) is 0 Å². The summed E-state index contributed by atoms with van der Waals surface area (Å²) >= 11 is 0. The highest BCUT2D eigenvalue weighted by atomic mass is 16.5. The highest BCUT2D eigenvalue weighted by Crippen LogP contribution is 2.24. The van der Waals surface area contributed by atoms with E-state index in [9.17, 15) is 0 Å². The van der Waals surface area contributed by atoms with Crippen molar-refractivity contribution in [2.45, 2.75) is 44.2 Å². The maximum Gasteiger partial charge on any atom is 0.0622 e. The van der Waals surface area contributed by atoms with Crippen LogP contribution in [0.5, 0.6) is 0 Å². The second kappa shape index (κ2) is 5.03. The summed E-state index contributed by atoms with van der Waals surface area (Å²) in [5.41, 5.74) is 0. The number of rotatable bonds is 4. The van der Waals surface area contributed by atoms with Crippen molar-refractivity contribution in [3.05, 3.63) is 0 Å². The molecule has 0 amide bonds. The molecule has 0 spiro atoms. The number of likely N-dealkylation sites (tertiary alicyclic amines) is 1. The van der Waals surface area contributed by atoms with Crippen LogP contribution in [0.15, 0.2) is 0 Å². The van der Waals surface area contributed by atoms with Crippen molar-refractivity contribution in [3.8, 4) is 0 Å². The molecule has 2 aliphatic heterocycles. The lowest BCUT2D eigenvalue weighted by atomic mass is 9.95. The van der Waals surface area contributed by atoms with Crippen molar-refractivity contribution >= 4 is 0 Å². The van der Waals surface area contributed by atoms with E-state index in [2.05, 4.69) is 10.2 Å². The molecular weight excluding hydrogens is 200 g/mol. The van der Waals surface area contributed by atoms with Crippen molar-refractivity contribution in [1.29, 1.82) is 0 Å². The molecule has 1 unspecified atom stereocenters. The highest BCUT2D eigenvalue weighted by molar-refractivity contribution is 4.85. The van der Waals surface area contributed by atoms with Gasteiger partial charge in [-0.3, -0.25) is 4.90 Å². The maximum atomic E-state index is 5.47. The number of ether oxygens (including phenoxy) is 1. The minimum Gasteiger partial charge on any atom is -0.380 e. The van der Waals surface area contributed by atoms with Crippen LogP contribution in [-0.4, -0.2) is 49.8 Å². The highest BCUT2D eigenvalue weighted by Gasteiger charge is 2.28. The van der Waals surface area contributed by atoms with Gasteiger partial charge in [0.25, 0.3) is 0 Å². The van der Waals surface area contributed by atoms with Gasteiger partial charge in [-0.1, -0.05) is 0 Å². The molecule has 1 saturated carbocycles. The van der Waals surface area contributed by atoms with Gasteiger partial charge in [0.1, 0.15) is 0 Å². The summed E-state index contributed by atoms with van der Waals surface area (Å²) in [6, 6.07) is 1.61. The molecule has 1 atom stereocenters. The number of nitrogens with zero attached hydrogens (tertiary/aromatic N) is 1. The van der Waals surface area contributed by atoms with E-state index in [1.807, 2.05) is 0 Å². The van der Waals surface area contributed by atoms with Gasteiger partial charge in [-0.05, 0) is 57.7 Å². The standard InChI is InChI=1S/C13H24N2O/c1-2-12(1)14-9-11-3-6-15(7-4-11)13-5-8-16-10-13/h11-14H,1-10H2. The van der Waals surface area contributed by atoms with Crippen LogP contribution < -0.4 is 5.32 Å². The van der Waals surface area contributed by atoms with Crippen molar-refractivity contribution in [3.63, 3.8) is 0 Å². The molecule has 16 heavy (non-hydrogen) atoms. The van der Waals surface area contributed by atoms with Crippen molar-refractivity contribution in [2.24, 2.45) is 5.92 Å². The zero-order chi connectivity index (χ0) is 10.8. The third-order valence-corrected chi connectivity index (χ3v) is 4.34. The Hall–Kier alpha value is -0.120. The molecule has 3 heteroatoms. The van der Waals surface area contributed by atoms with Gasteiger partial charge in [-0.2, -0.15) is 0 Å². The van der Waals surface area contributed by atoms with E-state index in [1.165, 1.54) is 51.7 Å². The van der Waals surface area contributed by atoms with Crippen LogP contribution in [0.1, 0.15) is 32.1 Å². The van der Waals surface area contributed by atoms with Crippen LogP contribution >= 0.6 is 0 Å². The third kappa shape index (κ3) is 2.76. The molecular formula is C13H24N2O. The first-order valence-electron chi connectivity index (χ1n) is 6.97. The summed E-state index contributed by atoms with van der Waals surface area (Å²) in [6.07, 6.45) is 6.86. The van der Waals surface area contributed by atoms with E-state index in [0.29, 0.717) is 0 Å². The Balaban J connectivity index is 1.37. The van der Waals surface area contributed by atoms with Gasteiger partial charge in [0.15, 0.2) is 0 Å². The Labute approximate surface area is 98.5 Å². The SMILES string of the molecule is C1CC(N2CCC(CNC3CC3)CC2)CO1. The Morgan fingerprint density at radius 2 is 1.88 bits per heavy atom. The number of piperidine rings is 1. The first-order valence-corrected chi connectivity index (χ1v) is 6.97. The van der Waals surface area contributed by atoms with Gasteiger partial charge in [0.2, 0.25) is 0 Å². The Morgan fingerprint density at radius 3 is 2.50 bits per heavy atom. The smallest absolute Gasteiger partial charge is 0.0622 e. The molecule has 1 N–H and O–H groups in total. The van der Waals surface area contributed by atoms with Crippen LogP contribution in [0.25, 0.3) is 0 Å². The Kier molecular flexibility index (Phi) is 3.46. The van der Waals surface area contributed by atoms with Crippen LogP contribution in [-0.2, 0) is 4.74 Å². The first-order chi connectivity index (χ1) is 7.92. The van der Waals surface area contributed by atoms with Crippen molar-refractivity contribution in [1.82, 2.24) is 10.2 Å². The number of hydrogen-bond acceptors (Lipinski definition) is 3. The molecule has 2 heterocycles. The molecule has 3 nitrogen and oxygen atoms in total. The van der Waals surface area contributed by atoms with Crippen LogP contribution in [0, 0.1) is 5.92 Å². The monoisotopic (exact) mass is 224 g/mol. The molecule has 1 aliphatic carbocycles. The number of hydrogen-bond donors (Lipinski definition) is 1. The van der Waals surface area contributed by atoms with Gasteiger partial charge >= 0.3 is 0 Å². The lowest BCUT2D eigenvalue weighted by Crippen LogP contribution is -2.43. The fourth-order valence-corrected chi connectivity index (χ4v) is 2.95. The minimum absolute atomic E-state index is 0.734. The molecule has 2 saturated heterocycles. The lowest BCUT2D eigenvalue weighted by molar-refractivity contribution is 0.109. The second-order valence-corrected chi connectivity index (χ2v) is 5.68. The molecule has 0 aromatic carbocycles. The van der Waals surface area contributed by atoms with Crippen LogP contribution in [0.2, 0.25) is 0 Å². The average molecular weight is 224 g/mol. The number of nitrogens with one attached hydrogen (secondary N) is 1. The van der Waals surface area contributed by atoms with Crippen molar-refractivity contribution < 1.29 is 4.74 Å². The predicted molar refractivity (Wildman–Crippen MR) is 64.5 cm³/mol. The Morgan fingerprint density at radius 1 is 1.06 bits per heavy atom. The van der Waals surface area contributed by atoms with Crippen molar-refractivity contribution in [2.75, 3.05) is 32.8 Å². The van der Waals surface area contributed by atoms with Gasteiger partial charge < -0.3 is 10.1 Å². The summed E-state index contributed by atoms with van der Waals surface area (Å²) in [4.78, 5) is 2.65. The Bertz CT molecular complexity index is 216. The zero-order valence-corrected chi connectivity index (χ0v) is 10.2. The summed E-state index contributed by atoms with van der Waals surface area (Å²) in [6.45, 7) is 5.81. The normalized spacial score (nSPS) is 33.4. The summed E-state index contributed by atoms with van der Waals surface area (Å²) in [5.74, 6) is 0.930. The van der Waals surface area contributed by atoms with Gasteiger partial charge in [0.05, 0.1) is 6.61 Å². The fraction of sp³-hybridized carbons (Fsp3) is 1.00. The average Bonchev–Trinajstić information content (AvgIpc) is 3.00. The molecule has 0 aromatic heterocycles. The largest absolute Gasteiger partial charge is 0.380 e. The molecule has 3 rings (SSSR count). The lowest BCUT2D eigenvalue weighted by Gasteiger charge is -2.35. The predicted octanol–water partition coefficient (Wildman–Crippen LogP) is 1.24. The van der Waals surface area contributed by atoms with E-state index in [4.69, 9.17) is 4.74 Å². The van der Waals surface area contributed by atoms with E-state index >= 15 is 0 Å². The van der Waals surface area contributed by atoms with Crippen LogP contribution in [0.3, 0.4) is 0 Å². The summed E-state index contributed by atoms with van der Waals surface area (Å²) < 4.78 is 5.47. The molecule has 0 aromatic rings. The zero-order valence-electron chi connectivity index (χ0n) is 10.2. The van der Waals surface area contributed by atoms with Gasteiger partial charge in [-0.15, -0.1) is 0 Å². The molecule has 92 valence electrons. The van der Waals surface area contributed by atoms with Crippen LogP contribution in [0.4, 0.5) is 0 Å². The van der Waals surface area contributed by atoms with E-state index in [0.717, 1.165) is 31.2 Å². The minimum atomic E-state index is 0.734. The maximum absolute atomic E-state index is 5.47. The summed E-state index contributed by atoms with van der Waals surface area (Å²) in [5, 5.41) is 3.67. The topological polar surface area (TPSA) is 24.5 Å². The van der Waals surface area contributed by atoms with Gasteiger partial charge in [0, 0.05) is 18.7 Å². The molecule has 3 aliphatic rings. The molecule has 0 bridgehead atoms. The fourth-order valence-electron chi connectivity index (χ4n) is 2.95. The molecule has 3 fully saturated rings. The quantitative estimate of drug-likeness (QED) is 0.777. The van der Waals surface area contributed by atoms with E-state index in [-0.39, 0.29) is 0 Å². The molecule has 0 radical (unpaired) electrons. The third-order valence-electron chi connectivity index (χ3n) is 4.34. The first kappa shape index (κ1) is 11.0. The van der Waals surface area contributed by atoms with Gasteiger partial charge in [-0.25, -0.2) is 0 Å². The second-order valence-electron chi connectivity index (χ2n) is 5.68. The summed E-state index contributed by atoms with van der Waals surface area (Å²) in [7, 11) is 0.